The van der Waals surface area contributed by atoms with Crippen molar-refractivity contribution < 1.29 is 64.5 Å². The Morgan fingerprint density at radius 1 is 0.577 bits per heavy atom. The SMILES string of the molecule is CC(C)(C)OC(=O)N1CC[C@H](O[Si](C)(C)C(C)(C)C)[C@H]1[C@@H](O)C(F)(F)F.CC(C)(C)OC(=O)N1CC[C@H](O[Si](C)(C)C(C)(C)C)[C@H]1[C@H](O)C(F)(F)F. The van der Waals surface area contributed by atoms with Gasteiger partial charge in [-0.2, -0.15) is 26.3 Å². The fraction of sp³-hybridized carbons (Fsp3) is 0.941. The zero-order valence-electron chi connectivity index (χ0n) is 33.8. The quantitative estimate of drug-likeness (QED) is 0.203. The van der Waals surface area contributed by atoms with Gasteiger partial charge in [-0.05, 0) is 90.6 Å². The van der Waals surface area contributed by atoms with Crippen LogP contribution in [0.2, 0.25) is 36.3 Å². The highest BCUT2D eigenvalue weighted by molar-refractivity contribution is 6.74. The van der Waals surface area contributed by atoms with E-state index >= 15 is 0 Å². The molecule has 2 fully saturated rings. The molecule has 0 saturated carbocycles. The van der Waals surface area contributed by atoms with E-state index < -0.39 is 88.9 Å². The van der Waals surface area contributed by atoms with Gasteiger partial charge in [-0.1, -0.05) is 41.5 Å². The Labute approximate surface area is 308 Å². The Hall–Kier alpha value is -1.61. The summed E-state index contributed by atoms with van der Waals surface area (Å²) in [5, 5.41) is 19.5. The predicted octanol–water partition coefficient (Wildman–Crippen LogP) is 8.62. The summed E-state index contributed by atoms with van der Waals surface area (Å²) < 4.78 is 102. The molecule has 2 N–H and O–H groups in total. The van der Waals surface area contributed by atoms with Gasteiger partial charge in [0.05, 0.1) is 24.3 Å². The lowest BCUT2D eigenvalue weighted by atomic mass is 10.1. The molecule has 18 heteroatoms. The number of aliphatic hydroxyl groups excluding tert-OH is 2. The van der Waals surface area contributed by atoms with E-state index in [1.54, 1.807) is 41.5 Å². The van der Waals surface area contributed by atoms with Crippen LogP contribution in [0.5, 0.6) is 0 Å². The topological polar surface area (TPSA) is 118 Å². The molecule has 2 rings (SSSR count). The summed E-state index contributed by atoms with van der Waals surface area (Å²) >= 11 is 0. The van der Waals surface area contributed by atoms with Crippen LogP contribution >= 0.6 is 0 Å². The zero-order valence-corrected chi connectivity index (χ0v) is 35.8. The first-order valence-corrected chi connectivity index (χ1v) is 23.4. The molecule has 10 nitrogen and oxygen atoms in total. The number of carbonyl (C=O) groups is 2. The molecule has 0 unspecified atom stereocenters. The van der Waals surface area contributed by atoms with Crippen molar-refractivity contribution in [2.45, 2.75) is 192 Å². The van der Waals surface area contributed by atoms with E-state index in [9.17, 15) is 46.1 Å². The minimum atomic E-state index is -4.86. The van der Waals surface area contributed by atoms with Crippen molar-refractivity contribution in [3.63, 3.8) is 0 Å². The van der Waals surface area contributed by atoms with E-state index in [1.807, 2.05) is 67.7 Å². The number of nitrogens with zero attached hydrogens (tertiary/aromatic N) is 2. The number of alkyl halides is 6. The van der Waals surface area contributed by atoms with Gasteiger partial charge in [0.2, 0.25) is 0 Å². The van der Waals surface area contributed by atoms with Gasteiger partial charge >= 0.3 is 24.5 Å². The minimum Gasteiger partial charge on any atom is -0.444 e. The molecule has 0 aliphatic carbocycles. The second kappa shape index (κ2) is 16.2. The van der Waals surface area contributed by atoms with Crippen LogP contribution in [0, 0.1) is 0 Å². The lowest BCUT2D eigenvalue weighted by molar-refractivity contribution is -0.223. The summed E-state index contributed by atoms with van der Waals surface area (Å²) in [7, 11) is -4.77. The first-order valence-electron chi connectivity index (χ1n) is 17.6. The molecule has 0 bridgehead atoms. The van der Waals surface area contributed by atoms with Crippen molar-refractivity contribution in [1.82, 2.24) is 9.80 Å². The number of likely N-dealkylation sites (tertiary alicyclic amines) is 2. The van der Waals surface area contributed by atoms with Crippen LogP contribution < -0.4 is 0 Å². The molecule has 0 radical (unpaired) electrons. The predicted molar refractivity (Wildman–Crippen MR) is 191 cm³/mol. The second-order valence-corrected chi connectivity index (χ2v) is 28.2. The number of amides is 2. The van der Waals surface area contributed by atoms with Gasteiger partial charge in [0.25, 0.3) is 0 Å². The van der Waals surface area contributed by atoms with Gasteiger partial charge in [-0.25, -0.2) is 9.59 Å². The lowest BCUT2D eigenvalue weighted by Crippen LogP contribution is -2.56. The molecule has 0 aromatic carbocycles. The largest absolute Gasteiger partial charge is 0.444 e. The van der Waals surface area contributed by atoms with Crippen LogP contribution in [0.15, 0.2) is 0 Å². The molecule has 308 valence electrons. The summed E-state index contributed by atoms with van der Waals surface area (Å²) in [5.74, 6) is 0. The van der Waals surface area contributed by atoms with E-state index in [-0.39, 0.29) is 36.0 Å². The van der Waals surface area contributed by atoms with Crippen LogP contribution in [-0.2, 0) is 18.3 Å². The molecular formula is C34H64F6N2O8Si2. The Bertz CT molecular complexity index is 1120. The van der Waals surface area contributed by atoms with Gasteiger partial charge in [0, 0.05) is 13.1 Å². The Balaban J connectivity index is 0.000000520. The first-order chi connectivity index (χ1) is 22.7. The van der Waals surface area contributed by atoms with Crippen molar-refractivity contribution in [3.8, 4) is 0 Å². The monoisotopic (exact) mass is 798 g/mol. The van der Waals surface area contributed by atoms with Gasteiger partial charge in [0.15, 0.2) is 28.8 Å². The van der Waals surface area contributed by atoms with E-state index in [4.69, 9.17) is 18.3 Å². The third kappa shape index (κ3) is 13.3. The third-order valence-electron chi connectivity index (χ3n) is 9.87. The molecule has 0 aromatic heterocycles. The highest BCUT2D eigenvalue weighted by Gasteiger charge is 2.57. The van der Waals surface area contributed by atoms with Crippen molar-refractivity contribution >= 4 is 28.8 Å². The molecular weight excluding hydrogens is 735 g/mol. The number of carbonyl (C=O) groups excluding carboxylic acids is 2. The fourth-order valence-corrected chi connectivity index (χ4v) is 7.88. The number of halogens is 6. The number of hydrogen-bond acceptors (Lipinski definition) is 8. The van der Waals surface area contributed by atoms with E-state index in [2.05, 4.69) is 0 Å². The first kappa shape index (κ1) is 48.4. The van der Waals surface area contributed by atoms with Crippen LogP contribution in [-0.4, -0.2) is 122 Å². The number of hydrogen-bond donors (Lipinski definition) is 2. The molecule has 2 amide bonds. The van der Waals surface area contributed by atoms with Crippen molar-refractivity contribution in [3.05, 3.63) is 0 Å². The minimum absolute atomic E-state index is 0.0476. The van der Waals surface area contributed by atoms with Crippen LogP contribution in [0.3, 0.4) is 0 Å². The smallest absolute Gasteiger partial charge is 0.416 e. The summed E-state index contributed by atoms with van der Waals surface area (Å²) in [6, 6.07) is -3.03. The number of aliphatic hydroxyl groups is 2. The standard InChI is InChI=1S/2C17H32F3NO4Si/c2*1-15(2,3)24-14(23)21-10-9-11(12(21)13(22)17(18,19)20)25-26(7,8)16(4,5)6/h2*11-13,22H,9-10H2,1-8H3/t11-,12-,13+;11-,12-,13-/m00/s1. The molecule has 52 heavy (non-hydrogen) atoms. The number of ether oxygens (including phenoxy) is 2. The maximum absolute atomic E-state index is 13.2. The van der Waals surface area contributed by atoms with Crippen molar-refractivity contribution in [2.24, 2.45) is 0 Å². The highest BCUT2D eigenvalue weighted by atomic mass is 28.4. The molecule has 2 aliphatic rings. The maximum atomic E-state index is 13.2. The highest BCUT2D eigenvalue weighted by Crippen LogP contribution is 2.43. The summed E-state index contributed by atoms with van der Waals surface area (Å²) in [6.45, 7) is 29.5. The lowest BCUT2D eigenvalue weighted by Gasteiger charge is -2.41. The second-order valence-electron chi connectivity index (χ2n) is 18.7. The third-order valence-corrected chi connectivity index (χ3v) is 18.9. The van der Waals surface area contributed by atoms with E-state index in [0.29, 0.717) is 0 Å². The van der Waals surface area contributed by atoms with E-state index in [0.717, 1.165) is 9.80 Å². The molecule has 0 aromatic rings. The van der Waals surface area contributed by atoms with Gasteiger partial charge in [-0.15, -0.1) is 0 Å². The molecule has 6 atom stereocenters. The van der Waals surface area contributed by atoms with Crippen molar-refractivity contribution in [1.29, 1.82) is 0 Å². The maximum Gasteiger partial charge on any atom is 0.416 e. The Morgan fingerprint density at radius 3 is 1.02 bits per heavy atom. The van der Waals surface area contributed by atoms with Crippen molar-refractivity contribution in [2.75, 3.05) is 13.1 Å². The average molecular weight is 799 g/mol. The molecule has 2 heterocycles. The van der Waals surface area contributed by atoms with E-state index in [1.165, 1.54) is 0 Å². The van der Waals surface area contributed by atoms with Gasteiger partial charge in [0.1, 0.15) is 11.2 Å². The number of rotatable bonds is 6. The Morgan fingerprint density at radius 2 is 0.827 bits per heavy atom. The Kier molecular flexibility index (Phi) is 15.1. The molecule has 0 spiro atoms. The van der Waals surface area contributed by atoms with Gasteiger partial charge in [-0.3, -0.25) is 9.80 Å². The average Bonchev–Trinajstić information content (AvgIpc) is 3.47. The summed E-state index contributed by atoms with van der Waals surface area (Å²) in [4.78, 5) is 26.7. The van der Waals surface area contributed by atoms with Crippen LogP contribution in [0.25, 0.3) is 0 Å². The normalized spacial score (nSPS) is 23.9. The summed E-state index contributed by atoms with van der Waals surface area (Å²) in [6.07, 6.45) is -18.2. The van der Waals surface area contributed by atoms with Gasteiger partial charge < -0.3 is 28.5 Å². The zero-order chi connectivity index (χ0) is 41.4. The summed E-state index contributed by atoms with van der Waals surface area (Å²) in [5.41, 5.74) is -1.69. The fourth-order valence-electron chi connectivity index (χ4n) is 5.14. The molecule has 2 aliphatic heterocycles. The molecule has 2 saturated heterocycles. The van der Waals surface area contributed by atoms with Crippen LogP contribution in [0.1, 0.15) is 95.9 Å². The van der Waals surface area contributed by atoms with Crippen LogP contribution in [0.4, 0.5) is 35.9 Å².